The van der Waals surface area contributed by atoms with Crippen molar-refractivity contribution < 1.29 is 4.79 Å². The minimum absolute atomic E-state index is 0.158. The molecule has 0 aliphatic rings. The fourth-order valence-electron chi connectivity index (χ4n) is 1.45. The summed E-state index contributed by atoms with van der Waals surface area (Å²) in [6.07, 6.45) is 3.13. The monoisotopic (exact) mass is 287 g/mol. The van der Waals surface area contributed by atoms with Crippen molar-refractivity contribution in [1.82, 2.24) is 14.7 Å². The summed E-state index contributed by atoms with van der Waals surface area (Å²) in [4.78, 5) is 14.0. The van der Waals surface area contributed by atoms with Crippen LogP contribution in [0.3, 0.4) is 0 Å². The average Bonchev–Trinajstić information content (AvgIpc) is 2.57. The standard InChI is InChI=1S/C11H18BrN3O/c1-4-5-10(16)11-9(12)8-13-15(11)7-6-14(2)3/h8H,4-7H2,1-3H3. The number of ketones is 1. The maximum atomic E-state index is 11.9. The number of halogens is 1. The lowest BCUT2D eigenvalue weighted by Gasteiger charge is -2.11. The Morgan fingerprint density at radius 1 is 1.56 bits per heavy atom. The molecule has 0 spiro atoms. The van der Waals surface area contributed by atoms with Crippen molar-refractivity contribution in [2.24, 2.45) is 0 Å². The van der Waals surface area contributed by atoms with Gasteiger partial charge in [0.1, 0.15) is 5.69 Å². The zero-order valence-electron chi connectivity index (χ0n) is 10.0. The van der Waals surface area contributed by atoms with Crippen LogP contribution in [0.25, 0.3) is 0 Å². The lowest BCUT2D eigenvalue weighted by atomic mass is 10.2. The van der Waals surface area contributed by atoms with Crippen LogP contribution < -0.4 is 0 Å². The Labute approximate surface area is 105 Å². The van der Waals surface area contributed by atoms with Crippen LogP contribution in [0.4, 0.5) is 0 Å². The summed E-state index contributed by atoms with van der Waals surface area (Å²) >= 11 is 3.38. The summed E-state index contributed by atoms with van der Waals surface area (Å²) in [6, 6.07) is 0. The molecule has 0 saturated carbocycles. The molecule has 0 N–H and O–H groups in total. The highest BCUT2D eigenvalue weighted by atomic mass is 79.9. The molecule has 0 fully saturated rings. The van der Waals surface area contributed by atoms with Crippen LogP contribution in [-0.2, 0) is 6.54 Å². The van der Waals surface area contributed by atoms with Crippen molar-refractivity contribution >= 4 is 21.7 Å². The second-order valence-corrected chi connectivity index (χ2v) is 4.90. The Morgan fingerprint density at radius 3 is 2.81 bits per heavy atom. The van der Waals surface area contributed by atoms with E-state index in [0.29, 0.717) is 12.1 Å². The molecule has 0 bridgehead atoms. The summed E-state index contributed by atoms with van der Waals surface area (Å²) in [5.74, 6) is 0.158. The van der Waals surface area contributed by atoms with Crippen molar-refractivity contribution in [1.29, 1.82) is 0 Å². The lowest BCUT2D eigenvalue weighted by molar-refractivity contribution is 0.0969. The normalized spacial score (nSPS) is 11.1. The van der Waals surface area contributed by atoms with Gasteiger partial charge in [-0.2, -0.15) is 5.10 Å². The molecular weight excluding hydrogens is 270 g/mol. The van der Waals surface area contributed by atoms with E-state index in [1.165, 1.54) is 0 Å². The maximum absolute atomic E-state index is 11.9. The molecule has 5 heteroatoms. The molecule has 4 nitrogen and oxygen atoms in total. The van der Waals surface area contributed by atoms with Crippen LogP contribution in [0.1, 0.15) is 30.3 Å². The SMILES string of the molecule is CCCC(=O)c1c(Br)cnn1CCN(C)C. The van der Waals surface area contributed by atoms with E-state index in [1.54, 1.807) is 10.9 Å². The summed E-state index contributed by atoms with van der Waals surface area (Å²) in [7, 11) is 4.01. The number of carbonyl (C=O) groups excluding carboxylic acids is 1. The summed E-state index contributed by atoms with van der Waals surface area (Å²) in [5.41, 5.74) is 0.698. The van der Waals surface area contributed by atoms with E-state index in [2.05, 4.69) is 25.9 Å². The van der Waals surface area contributed by atoms with E-state index in [-0.39, 0.29) is 5.78 Å². The minimum atomic E-state index is 0.158. The molecule has 0 saturated heterocycles. The molecule has 0 atom stereocenters. The van der Waals surface area contributed by atoms with Gasteiger partial charge in [-0.05, 0) is 36.4 Å². The molecule has 0 aliphatic carbocycles. The van der Waals surface area contributed by atoms with Crippen LogP contribution >= 0.6 is 15.9 Å². The zero-order valence-corrected chi connectivity index (χ0v) is 11.6. The van der Waals surface area contributed by atoms with Gasteiger partial charge in [0.2, 0.25) is 0 Å². The molecule has 0 aliphatic heterocycles. The van der Waals surface area contributed by atoms with Crippen LogP contribution in [0.15, 0.2) is 10.7 Å². The number of hydrogen-bond acceptors (Lipinski definition) is 3. The van der Waals surface area contributed by atoms with Gasteiger partial charge >= 0.3 is 0 Å². The summed E-state index contributed by atoms with van der Waals surface area (Å²) < 4.78 is 2.58. The minimum Gasteiger partial charge on any atom is -0.308 e. The van der Waals surface area contributed by atoms with Crippen molar-refractivity contribution in [3.05, 3.63) is 16.4 Å². The van der Waals surface area contributed by atoms with Crippen molar-refractivity contribution in [2.45, 2.75) is 26.3 Å². The molecule has 1 rings (SSSR count). The Bertz CT molecular complexity index is 360. The Morgan fingerprint density at radius 2 is 2.25 bits per heavy atom. The molecule has 16 heavy (non-hydrogen) atoms. The fraction of sp³-hybridized carbons (Fsp3) is 0.636. The number of carbonyl (C=O) groups is 1. The molecule has 1 heterocycles. The molecule has 0 radical (unpaired) electrons. The highest BCUT2D eigenvalue weighted by molar-refractivity contribution is 9.10. The summed E-state index contributed by atoms with van der Waals surface area (Å²) in [6.45, 7) is 3.62. The van der Waals surface area contributed by atoms with Gasteiger partial charge in [-0.15, -0.1) is 0 Å². The van der Waals surface area contributed by atoms with E-state index in [0.717, 1.165) is 24.0 Å². The highest BCUT2D eigenvalue weighted by Crippen LogP contribution is 2.18. The van der Waals surface area contributed by atoms with E-state index in [1.807, 2.05) is 21.0 Å². The van der Waals surface area contributed by atoms with Crippen LogP contribution in [0.2, 0.25) is 0 Å². The predicted molar refractivity (Wildman–Crippen MR) is 67.7 cm³/mol. The van der Waals surface area contributed by atoms with Crippen LogP contribution in [-0.4, -0.2) is 41.1 Å². The van der Waals surface area contributed by atoms with Crippen molar-refractivity contribution in [2.75, 3.05) is 20.6 Å². The van der Waals surface area contributed by atoms with Gasteiger partial charge in [-0.25, -0.2) is 0 Å². The van der Waals surface area contributed by atoms with Gasteiger partial charge in [0.15, 0.2) is 5.78 Å². The topological polar surface area (TPSA) is 38.1 Å². The lowest BCUT2D eigenvalue weighted by Crippen LogP contribution is -2.21. The second-order valence-electron chi connectivity index (χ2n) is 4.04. The third kappa shape index (κ3) is 3.42. The quantitative estimate of drug-likeness (QED) is 0.753. The number of likely N-dealkylation sites (N-methyl/N-ethyl adjacent to an activating group) is 1. The van der Waals surface area contributed by atoms with Gasteiger partial charge in [-0.3, -0.25) is 9.48 Å². The summed E-state index contributed by atoms with van der Waals surface area (Å²) in [5, 5.41) is 4.21. The van der Waals surface area contributed by atoms with E-state index < -0.39 is 0 Å². The molecule has 1 aromatic heterocycles. The third-order valence-corrected chi connectivity index (χ3v) is 2.88. The average molecular weight is 288 g/mol. The number of aromatic nitrogens is 2. The molecule has 0 unspecified atom stereocenters. The smallest absolute Gasteiger partial charge is 0.182 e. The van der Waals surface area contributed by atoms with Crippen molar-refractivity contribution in [3.63, 3.8) is 0 Å². The third-order valence-electron chi connectivity index (χ3n) is 2.29. The number of Topliss-reactive ketones (excluding diaryl/α,β-unsaturated/α-hetero) is 1. The fourth-order valence-corrected chi connectivity index (χ4v) is 1.97. The first kappa shape index (κ1) is 13.4. The zero-order chi connectivity index (χ0) is 12.1. The first-order valence-corrected chi connectivity index (χ1v) is 6.24. The molecule has 0 amide bonds. The van der Waals surface area contributed by atoms with Gasteiger partial charge in [-0.1, -0.05) is 6.92 Å². The van der Waals surface area contributed by atoms with E-state index in [4.69, 9.17) is 0 Å². The molecule has 1 aromatic rings. The van der Waals surface area contributed by atoms with E-state index >= 15 is 0 Å². The Kier molecular flexibility index (Phi) is 5.15. The second kappa shape index (κ2) is 6.15. The molecule has 0 aromatic carbocycles. The molecular formula is C11H18BrN3O. The van der Waals surface area contributed by atoms with Crippen molar-refractivity contribution in [3.8, 4) is 0 Å². The first-order chi connectivity index (χ1) is 7.56. The number of hydrogen-bond donors (Lipinski definition) is 0. The van der Waals surface area contributed by atoms with Gasteiger partial charge in [0.05, 0.1) is 17.2 Å². The first-order valence-electron chi connectivity index (χ1n) is 5.45. The highest BCUT2D eigenvalue weighted by Gasteiger charge is 2.15. The van der Waals surface area contributed by atoms with Crippen LogP contribution in [0, 0.1) is 0 Å². The van der Waals surface area contributed by atoms with Gasteiger partial charge in [0, 0.05) is 13.0 Å². The molecule has 90 valence electrons. The van der Waals surface area contributed by atoms with E-state index in [9.17, 15) is 4.79 Å². The largest absolute Gasteiger partial charge is 0.308 e. The number of rotatable bonds is 6. The van der Waals surface area contributed by atoms with Gasteiger partial charge in [0.25, 0.3) is 0 Å². The number of nitrogens with zero attached hydrogens (tertiary/aromatic N) is 3. The van der Waals surface area contributed by atoms with Gasteiger partial charge < -0.3 is 4.90 Å². The van der Waals surface area contributed by atoms with Crippen LogP contribution in [0.5, 0.6) is 0 Å². The Hall–Kier alpha value is -0.680. The predicted octanol–water partition coefficient (Wildman–Crippen LogP) is 2.19. The Balaban J connectivity index is 2.81. The maximum Gasteiger partial charge on any atom is 0.182 e.